The lowest BCUT2D eigenvalue weighted by atomic mass is 9.72. The summed E-state index contributed by atoms with van der Waals surface area (Å²) in [6.45, 7) is 6.92. The summed E-state index contributed by atoms with van der Waals surface area (Å²) < 4.78 is 0. The van der Waals surface area contributed by atoms with Gasteiger partial charge in [-0.15, -0.1) is 0 Å². The van der Waals surface area contributed by atoms with Crippen LogP contribution in [0.3, 0.4) is 0 Å². The molecule has 0 bridgehead atoms. The maximum atomic E-state index is 11.5. The first-order valence-electron chi connectivity index (χ1n) is 6.03. The number of aliphatic hydroxyl groups is 2. The van der Waals surface area contributed by atoms with Gasteiger partial charge >= 0.3 is 0 Å². The first-order valence-corrected chi connectivity index (χ1v) is 6.03. The van der Waals surface area contributed by atoms with Crippen molar-refractivity contribution in [1.29, 1.82) is 0 Å². The van der Waals surface area contributed by atoms with E-state index in [1.807, 2.05) is 20.8 Å². The Morgan fingerprint density at radius 2 is 2.06 bits per heavy atom. The fraction of sp³-hybridized carbons (Fsp3) is 0.692. The van der Waals surface area contributed by atoms with Gasteiger partial charge in [0.25, 0.3) is 0 Å². The molecule has 2 unspecified atom stereocenters. The van der Waals surface area contributed by atoms with E-state index in [2.05, 4.69) is 9.97 Å². The number of nitrogens with zero attached hydrogens (tertiary/aromatic N) is 1. The minimum Gasteiger partial charge on any atom is -0.388 e. The highest BCUT2D eigenvalue weighted by atomic mass is 16.3. The van der Waals surface area contributed by atoms with E-state index >= 15 is 0 Å². The van der Waals surface area contributed by atoms with Crippen LogP contribution in [-0.2, 0) is 4.79 Å². The smallest absolute Gasteiger partial charge is 0.189 e. The van der Waals surface area contributed by atoms with Crippen molar-refractivity contribution in [3.63, 3.8) is 0 Å². The van der Waals surface area contributed by atoms with Gasteiger partial charge in [0, 0.05) is 17.8 Å². The number of carbonyl (C=O) groups excluding carboxylic acids is 1. The molecule has 0 aliphatic heterocycles. The van der Waals surface area contributed by atoms with Crippen LogP contribution in [0.2, 0.25) is 0 Å². The van der Waals surface area contributed by atoms with Crippen LogP contribution < -0.4 is 0 Å². The molecule has 0 aliphatic rings. The number of nitrogens with one attached hydrogen (secondary N) is 1. The van der Waals surface area contributed by atoms with Gasteiger partial charge in [0.15, 0.2) is 5.78 Å². The van der Waals surface area contributed by atoms with Crippen molar-refractivity contribution in [2.24, 2.45) is 5.41 Å². The van der Waals surface area contributed by atoms with Crippen LogP contribution in [0.15, 0.2) is 12.5 Å². The summed E-state index contributed by atoms with van der Waals surface area (Å²) in [5.74, 6) is -0.609. The fourth-order valence-corrected chi connectivity index (χ4v) is 2.02. The lowest BCUT2D eigenvalue weighted by Gasteiger charge is -2.34. The molecule has 1 aromatic rings. The molecule has 3 N–H and O–H groups in total. The Morgan fingerprint density at radius 3 is 2.44 bits per heavy atom. The summed E-state index contributed by atoms with van der Waals surface area (Å²) in [6.07, 6.45) is 3.53. The zero-order chi connectivity index (χ0) is 14.0. The monoisotopic (exact) mass is 254 g/mol. The Bertz CT molecular complexity index is 391. The molecule has 1 heterocycles. The molecule has 0 radical (unpaired) electrons. The van der Waals surface area contributed by atoms with Crippen LogP contribution in [-0.4, -0.2) is 38.2 Å². The molecule has 2 atom stereocenters. The first-order chi connectivity index (χ1) is 8.18. The second kappa shape index (κ2) is 5.20. The highest BCUT2D eigenvalue weighted by molar-refractivity contribution is 5.87. The number of imidazole rings is 1. The summed E-state index contributed by atoms with van der Waals surface area (Å²) >= 11 is 0. The number of Topliss-reactive ketones (excluding diaryl/α,β-unsaturated/α-hetero) is 1. The standard InChI is InChI=1S/C13H22N2O3/c1-12(2,3)9(10-6-14-8-15-10)5-13(4,18)11(17)7-16/h6,8-9,16,18H,5,7H2,1-4H3,(H,14,15). The van der Waals surface area contributed by atoms with Crippen molar-refractivity contribution in [3.05, 3.63) is 18.2 Å². The largest absolute Gasteiger partial charge is 0.388 e. The van der Waals surface area contributed by atoms with Gasteiger partial charge in [-0.1, -0.05) is 20.8 Å². The molecule has 0 fully saturated rings. The van der Waals surface area contributed by atoms with E-state index < -0.39 is 18.0 Å². The second-order valence-corrected chi connectivity index (χ2v) is 5.98. The predicted octanol–water partition coefficient (Wildman–Crippen LogP) is 1.24. The molecule has 5 nitrogen and oxygen atoms in total. The Labute approximate surface area is 107 Å². The SMILES string of the molecule is CC(O)(CC(c1cnc[nH]1)C(C)(C)C)C(=O)CO. The van der Waals surface area contributed by atoms with Crippen molar-refractivity contribution in [2.75, 3.05) is 6.61 Å². The van der Waals surface area contributed by atoms with E-state index in [-0.39, 0.29) is 17.8 Å². The number of hydrogen-bond donors (Lipinski definition) is 3. The summed E-state index contributed by atoms with van der Waals surface area (Å²) in [7, 11) is 0. The lowest BCUT2D eigenvalue weighted by Crippen LogP contribution is -2.41. The second-order valence-electron chi connectivity index (χ2n) is 5.98. The van der Waals surface area contributed by atoms with Gasteiger partial charge < -0.3 is 15.2 Å². The van der Waals surface area contributed by atoms with Crippen LogP contribution in [0, 0.1) is 5.41 Å². The maximum Gasteiger partial charge on any atom is 0.189 e. The molecular weight excluding hydrogens is 232 g/mol. The number of aliphatic hydroxyl groups excluding tert-OH is 1. The van der Waals surface area contributed by atoms with Gasteiger partial charge in [0.2, 0.25) is 0 Å². The van der Waals surface area contributed by atoms with E-state index in [4.69, 9.17) is 5.11 Å². The zero-order valence-corrected chi connectivity index (χ0v) is 11.4. The molecule has 5 heteroatoms. The van der Waals surface area contributed by atoms with Crippen molar-refractivity contribution in [1.82, 2.24) is 9.97 Å². The molecule has 0 saturated heterocycles. The van der Waals surface area contributed by atoms with Gasteiger partial charge in [-0.05, 0) is 18.8 Å². The third kappa shape index (κ3) is 3.40. The van der Waals surface area contributed by atoms with Crippen LogP contribution in [0.5, 0.6) is 0 Å². The molecule has 0 saturated carbocycles. The molecule has 0 spiro atoms. The first kappa shape index (κ1) is 14.9. The third-order valence-corrected chi connectivity index (χ3v) is 3.29. The summed E-state index contributed by atoms with van der Waals surface area (Å²) in [4.78, 5) is 18.5. The Morgan fingerprint density at radius 1 is 1.44 bits per heavy atom. The number of rotatable bonds is 5. The Hall–Kier alpha value is -1.20. The van der Waals surface area contributed by atoms with Crippen LogP contribution in [0.25, 0.3) is 0 Å². The van der Waals surface area contributed by atoms with E-state index in [9.17, 15) is 9.90 Å². The van der Waals surface area contributed by atoms with Crippen LogP contribution in [0.4, 0.5) is 0 Å². The average Bonchev–Trinajstić information content (AvgIpc) is 2.76. The molecule has 18 heavy (non-hydrogen) atoms. The molecule has 1 rings (SSSR count). The van der Waals surface area contributed by atoms with E-state index in [1.165, 1.54) is 6.92 Å². The minimum absolute atomic E-state index is 0.0505. The molecular formula is C13H22N2O3. The number of H-pyrrole nitrogens is 1. The van der Waals surface area contributed by atoms with Crippen molar-refractivity contribution in [3.8, 4) is 0 Å². The van der Waals surface area contributed by atoms with Crippen molar-refractivity contribution in [2.45, 2.75) is 45.6 Å². The third-order valence-electron chi connectivity index (χ3n) is 3.29. The van der Waals surface area contributed by atoms with E-state index in [1.54, 1.807) is 12.5 Å². The van der Waals surface area contributed by atoms with Gasteiger partial charge in [-0.25, -0.2) is 4.98 Å². The number of aromatic nitrogens is 2. The molecule has 102 valence electrons. The number of ketones is 1. The van der Waals surface area contributed by atoms with Crippen LogP contribution >= 0.6 is 0 Å². The average molecular weight is 254 g/mol. The van der Waals surface area contributed by atoms with Gasteiger partial charge in [0.1, 0.15) is 12.2 Å². The van der Waals surface area contributed by atoms with Crippen LogP contribution in [0.1, 0.15) is 45.7 Å². The zero-order valence-electron chi connectivity index (χ0n) is 11.4. The maximum absolute atomic E-state index is 11.5. The van der Waals surface area contributed by atoms with Crippen molar-refractivity contribution < 1.29 is 15.0 Å². The summed E-state index contributed by atoms with van der Waals surface area (Å²) in [6, 6.07) is 0. The Kier molecular flexibility index (Phi) is 4.29. The molecule has 0 aromatic carbocycles. The van der Waals surface area contributed by atoms with E-state index in [0.717, 1.165) is 5.69 Å². The topological polar surface area (TPSA) is 86.2 Å². The predicted molar refractivity (Wildman–Crippen MR) is 68.1 cm³/mol. The van der Waals surface area contributed by atoms with Gasteiger partial charge in [-0.3, -0.25) is 4.79 Å². The number of carbonyl (C=O) groups is 1. The normalized spacial score (nSPS) is 17.2. The van der Waals surface area contributed by atoms with Crippen molar-refractivity contribution >= 4 is 5.78 Å². The van der Waals surface area contributed by atoms with Gasteiger partial charge in [-0.2, -0.15) is 0 Å². The Balaban J connectivity index is 2.98. The summed E-state index contributed by atoms with van der Waals surface area (Å²) in [5.41, 5.74) is -0.780. The van der Waals surface area contributed by atoms with Gasteiger partial charge in [0.05, 0.1) is 6.33 Å². The number of aromatic amines is 1. The van der Waals surface area contributed by atoms with E-state index in [0.29, 0.717) is 0 Å². The summed E-state index contributed by atoms with van der Waals surface area (Å²) in [5, 5.41) is 19.1. The quantitative estimate of drug-likeness (QED) is 0.738. The lowest BCUT2D eigenvalue weighted by molar-refractivity contribution is -0.140. The highest BCUT2D eigenvalue weighted by Gasteiger charge is 2.38. The highest BCUT2D eigenvalue weighted by Crippen LogP contribution is 2.39. The minimum atomic E-state index is -1.53. The number of hydrogen-bond acceptors (Lipinski definition) is 4. The fourth-order valence-electron chi connectivity index (χ4n) is 2.02. The molecule has 0 aliphatic carbocycles. The molecule has 0 amide bonds. The molecule has 1 aromatic heterocycles.